The molecule has 1 saturated carbocycles. The van der Waals surface area contributed by atoms with Crippen LogP contribution in [0, 0.1) is 0 Å². The van der Waals surface area contributed by atoms with E-state index >= 15 is 0 Å². The van der Waals surface area contributed by atoms with Gasteiger partial charge in [0, 0.05) is 13.1 Å². The highest BCUT2D eigenvalue weighted by Crippen LogP contribution is 2.26. The highest BCUT2D eigenvalue weighted by Gasteiger charge is 2.30. The summed E-state index contributed by atoms with van der Waals surface area (Å²) >= 11 is 4.99. The predicted molar refractivity (Wildman–Crippen MR) is 86.0 cm³/mol. The van der Waals surface area contributed by atoms with E-state index in [1.807, 2.05) is 40.8 Å². The average molecular weight is 302 g/mol. The number of carbonyl (C=O) groups excluding carboxylic acids is 1. The second kappa shape index (κ2) is 5.44. The van der Waals surface area contributed by atoms with Crippen molar-refractivity contribution in [1.29, 1.82) is 0 Å². The summed E-state index contributed by atoms with van der Waals surface area (Å²) < 4.78 is 1.93. The van der Waals surface area contributed by atoms with E-state index in [0.717, 1.165) is 29.7 Å². The van der Waals surface area contributed by atoms with Gasteiger partial charge in [0.1, 0.15) is 12.4 Å². The molecule has 1 heterocycles. The summed E-state index contributed by atoms with van der Waals surface area (Å²) in [4.78, 5) is 19.2. The van der Waals surface area contributed by atoms with E-state index in [-0.39, 0.29) is 12.5 Å². The Bertz CT molecular complexity index is 705. The smallest absolute Gasteiger partial charge is 0.242 e. The fourth-order valence-electron chi connectivity index (χ4n) is 2.50. The minimum absolute atomic E-state index is 0.102. The quantitative estimate of drug-likeness (QED) is 0.850. The number of hydrogen-bond acceptors (Lipinski definition) is 3. The standard InChI is InChI=1S/C15H18N4OS/c1-18(10-6-7-10)15(20)9-19-12-5-3-2-4-11(12)17-14(19)8-13(16)21/h2-5,10H,6-9H2,1H3,(H2,16,21). The van der Waals surface area contributed by atoms with Gasteiger partial charge >= 0.3 is 0 Å². The van der Waals surface area contributed by atoms with Crippen molar-refractivity contribution in [2.24, 2.45) is 5.73 Å². The summed E-state index contributed by atoms with van der Waals surface area (Å²) in [6.45, 7) is 0.283. The van der Waals surface area contributed by atoms with Crippen LogP contribution in [0.2, 0.25) is 0 Å². The molecule has 0 radical (unpaired) electrons. The van der Waals surface area contributed by atoms with E-state index in [0.29, 0.717) is 17.5 Å². The molecule has 1 fully saturated rings. The van der Waals surface area contributed by atoms with Crippen LogP contribution in [0.4, 0.5) is 0 Å². The number of para-hydroxylation sites is 2. The van der Waals surface area contributed by atoms with Gasteiger partial charge in [-0.1, -0.05) is 24.4 Å². The summed E-state index contributed by atoms with van der Waals surface area (Å²) in [5.41, 5.74) is 7.46. The van der Waals surface area contributed by atoms with Gasteiger partial charge in [-0.05, 0) is 25.0 Å². The Morgan fingerprint density at radius 1 is 1.48 bits per heavy atom. The van der Waals surface area contributed by atoms with Gasteiger partial charge in [0.2, 0.25) is 5.91 Å². The number of imidazole rings is 1. The second-order valence-corrected chi connectivity index (χ2v) is 6.01. The first-order valence-corrected chi connectivity index (χ1v) is 7.45. The van der Waals surface area contributed by atoms with Gasteiger partial charge in [0.05, 0.1) is 22.4 Å². The molecule has 1 aliphatic rings. The van der Waals surface area contributed by atoms with Gasteiger partial charge < -0.3 is 15.2 Å². The number of amides is 1. The number of fused-ring (bicyclic) bond motifs is 1. The molecule has 0 bridgehead atoms. The van der Waals surface area contributed by atoms with Crippen molar-refractivity contribution in [2.45, 2.75) is 31.8 Å². The highest BCUT2D eigenvalue weighted by molar-refractivity contribution is 7.80. The Balaban J connectivity index is 1.94. The molecule has 0 aliphatic heterocycles. The Hall–Kier alpha value is -1.95. The molecule has 110 valence electrons. The van der Waals surface area contributed by atoms with Crippen LogP contribution in [0.1, 0.15) is 18.7 Å². The van der Waals surface area contributed by atoms with Crippen molar-refractivity contribution in [3.63, 3.8) is 0 Å². The van der Waals surface area contributed by atoms with Crippen molar-refractivity contribution in [1.82, 2.24) is 14.5 Å². The molecule has 0 atom stereocenters. The molecule has 1 aromatic heterocycles. The normalized spacial score (nSPS) is 14.3. The molecule has 1 amide bonds. The van der Waals surface area contributed by atoms with Crippen molar-refractivity contribution in [3.05, 3.63) is 30.1 Å². The lowest BCUT2D eigenvalue weighted by atomic mass is 10.3. The number of carbonyl (C=O) groups is 1. The summed E-state index contributed by atoms with van der Waals surface area (Å²) in [7, 11) is 1.87. The number of thiocarbonyl (C=S) groups is 1. The second-order valence-electron chi connectivity index (χ2n) is 5.48. The zero-order chi connectivity index (χ0) is 15.0. The number of benzene rings is 1. The third-order valence-corrected chi connectivity index (χ3v) is 3.99. The molecule has 0 spiro atoms. The lowest BCUT2D eigenvalue weighted by molar-refractivity contribution is -0.131. The molecule has 21 heavy (non-hydrogen) atoms. The van der Waals surface area contributed by atoms with Gasteiger partial charge in [-0.15, -0.1) is 0 Å². The lowest BCUT2D eigenvalue weighted by Gasteiger charge is -2.17. The fourth-order valence-corrected chi connectivity index (χ4v) is 2.63. The molecule has 0 saturated heterocycles. The Morgan fingerprint density at radius 3 is 2.86 bits per heavy atom. The van der Waals surface area contributed by atoms with E-state index in [2.05, 4.69) is 4.98 Å². The van der Waals surface area contributed by atoms with E-state index in [4.69, 9.17) is 18.0 Å². The first kappa shape index (κ1) is 14.0. The number of nitrogens with two attached hydrogens (primary N) is 1. The van der Waals surface area contributed by atoms with Crippen LogP contribution < -0.4 is 5.73 Å². The van der Waals surface area contributed by atoms with Crippen molar-refractivity contribution < 1.29 is 4.79 Å². The molecule has 6 heteroatoms. The number of hydrogen-bond donors (Lipinski definition) is 1. The minimum Gasteiger partial charge on any atom is -0.393 e. The van der Waals surface area contributed by atoms with Crippen LogP contribution in [0.3, 0.4) is 0 Å². The van der Waals surface area contributed by atoms with Crippen molar-refractivity contribution in [3.8, 4) is 0 Å². The summed E-state index contributed by atoms with van der Waals surface area (Å²) in [6.07, 6.45) is 2.61. The van der Waals surface area contributed by atoms with Crippen LogP contribution in [0.5, 0.6) is 0 Å². The van der Waals surface area contributed by atoms with Gasteiger partial charge in [-0.3, -0.25) is 4.79 Å². The lowest BCUT2D eigenvalue weighted by Crippen LogP contribution is -2.32. The molecule has 2 aromatic rings. The number of likely N-dealkylation sites (N-methyl/N-ethyl adjacent to an activating group) is 1. The third kappa shape index (κ3) is 2.90. The summed E-state index contributed by atoms with van der Waals surface area (Å²) in [6, 6.07) is 8.19. The minimum atomic E-state index is 0.102. The average Bonchev–Trinajstić information content (AvgIpc) is 3.23. The molecule has 2 N–H and O–H groups in total. The van der Waals surface area contributed by atoms with Crippen LogP contribution in [-0.4, -0.2) is 38.4 Å². The van der Waals surface area contributed by atoms with Crippen molar-refractivity contribution in [2.75, 3.05) is 7.05 Å². The zero-order valence-electron chi connectivity index (χ0n) is 12.0. The van der Waals surface area contributed by atoms with E-state index in [1.165, 1.54) is 0 Å². The van der Waals surface area contributed by atoms with E-state index < -0.39 is 0 Å². The van der Waals surface area contributed by atoms with Gasteiger partial charge in [-0.2, -0.15) is 0 Å². The highest BCUT2D eigenvalue weighted by atomic mass is 32.1. The zero-order valence-corrected chi connectivity index (χ0v) is 12.8. The summed E-state index contributed by atoms with van der Waals surface area (Å²) in [5.74, 6) is 0.853. The first-order chi connectivity index (χ1) is 10.1. The largest absolute Gasteiger partial charge is 0.393 e. The number of rotatable bonds is 5. The molecular formula is C15H18N4OS. The van der Waals surface area contributed by atoms with Crippen LogP contribution in [-0.2, 0) is 17.8 Å². The third-order valence-electron chi connectivity index (χ3n) is 3.85. The number of nitrogens with zero attached hydrogens (tertiary/aromatic N) is 3. The van der Waals surface area contributed by atoms with Crippen LogP contribution >= 0.6 is 12.2 Å². The SMILES string of the molecule is CN(C(=O)Cn1c(CC(N)=S)nc2ccccc21)C1CC1. The molecule has 3 rings (SSSR count). The Kier molecular flexibility index (Phi) is 3.63. The number of aromatic nitrogens is 2. The molecular weight excluding hydrogens is 284 g/mol. The predicted octanol–water partition coefficient (Wildman–Crippen LogP) is 1.49. The van der Waals surface area contributed by atoms with E-state index in [1.54, 1.807) is 0 Å². The first-order valence-electron chi connectivity index (χ1n) is 7.04. The fraction of sp³-hybridized carbons (Fsp3) is 0.400. The molecule has 5 nitrogen and oxygen atoms in total. The van der Waals surface area contributed by atoms with Gasteiger partial charge in [0.15, 0.2) is 0 Å². The Morgan fingerprint density at radius 2 is 2.19 bits per heavy atom. The molecule has 0 unspecified atom stereocenters. The van der Waals surface area contributed by atoms with Crippen LogP contribution in [0.15, 0.2) is 24.3 Å². The Labute approximate surface area is 128 Å². The maximum absolute atomic E-state index is 12.4. The molecule has 1 aromatic carbocycles. The summed E-state index contributed by atoms with van der Waals surface area (Å²) in [5, 5.41) is 0. The topological polar surface area (TPSA) is 64.2 Å². The van der Waals surface area contributed by atoms with Crippen LogP contribution in [0.25, 0.3) is 11.0 Å². The van der Waals surface area contributed by atoms with Gasteiger partial charge in [-0.25, -0.2) is 4.98 Å². The van der Waals surface area contributed by atoms with E-state index in [9.17, 15) is 4.79 Å². The van der Waals surface area contributed by atoms with Crippen molar-refractivity contribution >= 4 is 34.1 Å². The maximum atomic E-state index is 12.4. The van der Waals surface area contributed by atoms with Gasteiger partial charge in [0.25, 0.3) is 0 Å². The molecule has 1 aliphatic carbocycles. The monoisotopic (exact) mass is 302 g/mol. The maximum Gasteiger partial charge on any atom is 0.242 e.